The summed E-state index contributed by atoms with van der Waals surface area (Å²) in [5.41, 5.74) is 0.821. The quantitative estimate of drug-likeness (QED) is 0.793. The number of nitrogens with one attached hydrogen (secondary N) is 2. The topological polar surface area (TPSA) is 61.4 Å². The van der Waals surface area contributed by atoms with Crippen molar-refractivity contribution in [3.63, 3.8) is 0 Å². The SMILES string of the molecule is CC(C(=O)NCC1CNCC1O)c1ccc(Cl)c(Cl)c1. The Morgan fingerprint density at radius 2 is 2.20 bits per heavy atom. The van der Waals surface area contributed by atoms with Crippen LogP contribution in [0.25, 0.3) is 0 Å². The molecule has 3 unspecified atom stereocenters. The van der Waals surface area contributed by atoms with E-state index in [9.17, 15) is 9.90 Å². The zero-order chi connectivity index (χ0) is 14.7. The van der Waals surface area contributed by atoms with Gasteiger partial charge in [0, 0.05) is 25.6 Å². The van der Waals surface area contributed by atoms with Gasteiger partial charge in [0.2, 0.25) is 5.91 Å². The highest BCUT2D eigenvalue weighted by molar-refractivity contribution is 6.42. The Balaban J connectivity index is 1.92. The summed E-state index contributed by atoms with van der Waals surface area (Å²) >= 11 is 11.8. The molecule has 1 saturated heterocycles. The highest BCUT2D eigenvalue weighted by atomic mass is 35.5. The summed E-state index contributed by atoms with van der Waals surface area (Å²) in [7, 11) is 0. The van der Waals surface area contributed by atoms with Crippen LogP contribution in [-0.2, 0) is 4.79 Å². The molecule has 0 bridgehead atoms. The monoisotopic (exact) mass is 316 g/mol. The first-order valence-corrected chi connectivity index (χ1v) is 7.36. The number of amides is 1. The number of halogens is 2. The first-order valence-electron chi connectivity index (χ1n) is 6.60. The third-order valence-corrected chi connectivity index (χ3v) is 4.42. The van der Waals surface area contributed by atoms with Gasteiger partial charge in [0.25, 0.3) is 0 Å². The van der Waals surface area contributed by atoms with E-state index < -0.39 is 6.10 Å². The van der Waals surface area contributed by atoms with Gasteiger partial charge in [-0.05, 0) is 24.6 Å². The molecular weight excluding hydrogens is 299 g/mol. The summed E-state index contributed by atoms with van der Waals surface area (Å²) < 4.78 is 0. The first kappa shape index (κ1) is 15.6. The molecule has 2 rings (SSSR count). The lowest BCUT2D eigenvalue weighted by Crippen LogP contribution is -2.36. The minimum atomic E-state index is -0.393. The fourth-order valence-corrected chi connectivity index (χ4v) is 2.55. The Bertz CT molecular complexity index is 496. The lowest BCUT2D eigenvalue weighted by molar-refractivity contribution is -0.122. The van der Waals surface area contributed by atoms with Crippen molar-refractivity contribution in [2.45, 2.75) is 18.9 Å². The van der Waals surface area contributed by atoms with Crippen molar-refractivity contribution < 1.29 is 9.90 Å². The number of carbonyl (C=O) groups excluding carboxylic acids is 1. The van der Waals surface area contributed by atoms with Crippen molar-refractivity contribution in [1.29, 1.82) is 0 Å². The molecule has 0 radical (unpaired) electrons. The minimum Gasteiger partial charge on any atom is -0.391 e. The Hall–Kier alpha value is -0.810. The molecule has 1 aliphatic heterocycles. The number of hydrogen-bond donors (Lipinski definition) is 3. The predicted molar refractivity (Wildman–Crippen MR) is 80.3 cm³/mol. The molecule has 0 aromatic heterocycles. The molecule has 0 saturated carbocycles. The summed E-state index contributed by atoms with van der Waals surface area (Å²) in [6, 6.07) is 5.19. The third-order valence-electron chi connectivity index (χ3n) is 3.68. The maximum Gasteiger partial charge on any atom is 0.227 e. The van der Waals surface area contributed by atoms with Gasteiger partial charge in [0.1, 0.15) is 0 Å². The van der Waals surface area contributed by atoms with Crippen LogP contribution < -0.4 is 10.6 Å². The fourth-order valence-electron chi connectivity index (χ4n) is 2.25. The number of hydrogen-bond acceptors (Lipinski definition) is 3. The van der Waals surface area contributed by atoms with Crippen LogP contribution in [-0.4, -0.2) is 36.8 Å². The van der Waals surface area contributed by atoms with E-state index in [1.54, 1.807) is 18.2 Å². The molecule has 1 aromatic carbocycles. The highest BCUT2D eigenvalue weighted by Gasteiger charge is 2.26. The van der Waals surface area contributed by atoms with Gasteiger partial charge in [-0.15, -0.1) is 0 Å². The average molecular weight is 317 g/mol. The van der Waals surface area contributed by atoms with Gasteiger partial charge in [-0.3, -0.25) is 4.79 Å². The van der Waals surface area contributed by atoms with Crippen LogP contribution >= 0.6 is 23.2 Å². The van der Waals surface area contributed by atoms with E-state index in [0.29, 0.717) is 23.1 Å². The minimum absolute atomic E-state index is 0.0694. The van der Waals surface area contributed by atoms with Crippen LogP contribution in [0.15, 0.2) is 18.2 Å². The van der Waals surface area contributed by atoms with Gasteiger partial charge in [0.15, 0.2) is 0 Å². The predicted octanol–water partition coefficient (Wildman–Crippen LogP) is 1.79. The second-order valence-electron chi connectivity index (χ2n) is 5.13. The molecule has 1 aromatic rings. The summed E-state index contributed by atoms with van der Waals surface area (Å²) in [6.45, 7) is 3.60. The van der Waals surface area contributed by atoms with E-state index in [4.69, 9.17) is 23.2 Å². The van der Waals surface area contributed by atoms with Crippen LogP contribution in [0.4, 0.5) is 0 Å². The Kier molecular flexibility index (Phi) is 5.27. The normalized spacial score (nSPS) is 23.6. The molecule has 110 valence electrons. The van der Waals surface area contributed by atoms with E-state index in [2.05, 4.69) is 10.6 Å². The molecule has 3 atom stereocenters. The van der Waals surface area contributed by atoms with Crippen molar-refractivity contribution in [2.24, 2.45) is 5.92 Å². The standard InChI is InChI=1S/C14H18Cl2N2O2/c1-8(9-2-3-11(15)12(16)4-9)14(20)18-6-10-5-17-7-13(10)19/h2-4,8,10,13,17,19H,5-7H2,1H3,(H,18,20). The molecular formula is C14H18Cl2N2O2. The van der Waals surface area contributed by atoms with Crippen LogP contribution in [0.3, 0.4) is 0 Å². The van der Waals surface area contributed by atoms with E-state index in [1.165, 1.54) is 0 Å². The van der Waals surface area contributed by atoms with E-state index in [0.717, 1.165) is 12.1 Å². The fraction of sp³-hybridized carbons (Fsp3) is 0.500. The van der Waals surface area contributed by atoms with E-state index in [1.807, 2.05) is 6.92 Å². The zero-order valence-electron chi connectivity index (χ0n) is 11.2. The van der Waals surface area contributed by atoms with Gasteiger partial charge in [0.05, 0.1) is 22.1 Å². The van der Waals surface area contributed by atoms with Gasteiger partial charge < -0.3 is 15.7 Å². The number of β-amino-alcohol motifs (C(OH)–C–C–N with tert-alkyl or cyclic N) is 1. The van der Waals surface area contributed by atoms with E-state index >= 15 is 0 Å². The summed E-state index contributed by atoms with van der Waals surface area (Å²) in [4.78, 5) is 12.1. The van der Waals surface area contributed by atoms with Gasteiger partial charge in [-0.2, -0.15) is 0 Å². The molecule has 3 N–H and O–H groups in total. The second-order valence-corrected chi connectivity index (χ2v) is 5.94. The number of aliphatic hydroxyl groups is 1. The van der Waals surface area contributed by atoms with Crippen LogP contribution in [0, 0.1) is 5.92 Å². The largest absolute Gasteiger partial charge is 0.391 e. The van der Waals surface area contributed by atoms with Crippen LogP contribution in [0.5, 0.6) is 0 Å². The summed E-state index contributed by atoms with van der Waals surface area (Å²) in [5, 5.41) is 16.6. The zero-order valence-corrected chi connectivity index (χ0v) is 12.7. The lowest BCUT2D eigenvalue weighted by atomic mass is 9.99. The van der Waals surface area contributed by atoms with Gasteiger partial charge in [-0.25, -0.2) is 0 Å². The van der Waals surface area contributed by atoms with Crippen LogP contribution in [0.1, 0.15) is 18.4 Å². The van der Waals surface area contributed by atoms with Crippen molar-refractivity contribution in [3.8, 4) is 0 Å². The summed E-state index contributed by atoms with van der Waals surface area (Å²) in [5.74, 6) is -0.321. The third kappa shape index (κ3) is 3.64. The smallest absolute Gasteiger partial charge is 0.227 e. The molecule has 4 nitrogen and oxygen atoms in total. The Morgan fingerprint density at radius 3 is 2.80 bits per heavy atom. The molecule has 1 fully saturated rings. The molecule has 6 heteroatoms. The second kappa shape index (κ2) is 6.76. The molecule has 20 heavy (non-hydrogen) atoms. The molecule has 0 aliphatic carbocycles. The molecule has 0 spiro atoms. The van der Waals surface area contributed by atoms with Crippen molar-refractivity contribution >= 4 is 29.1 Å². The number of aliphatic hydroxyl groups excluding tert-OH is 1. The maximum atomic E-state index is 12.1. The van der Waals surface area contributed by atoms with Crippen molar-refractivity contribution in [3.05, 3.63) is 33.8 Å². The average Bonchev–Trinajstić information content (AvgIpc) is 2.84. The van der Waals surface area contributed by atoms with E-state index in [-0.39, 0.29) is 17.7 Å². The lowest BCUT2D eigenvalue weighted by Gasteiger charge is -2.17. The first-order chi connectivity index (χ1) is 9.49. The highest BCUT2D eigenvalue weighted by Crippen LogP contribution is 2.26. The molecule has 1 amide bonds. The maximum absolute atomic E-state index is 12.1. The Morgan fingerprint density at radius 1 is 1.45 bits per heavy atom. The van der Waals surface area contributed by atoms with Gasteiger partial charge >= 0.3 is 0 Å². The Labute approximate surface area is 128 Å². The number of carbonyl (C=O) groups is 1. The van der Waals surface area contributed by atoms with Crippen LogP contribution in [0.2, 0.25) is 10.0 Å². The van der Waals surface area contributed by atoms with Crippen molar-refractivity contribution in [1.82, 2.24) is 10.6 Å². The van der Waals surface area contributed by atoms with Crippen molar-refractivity contribution in [2.75, 3.05) is 19.6 Å². The number of benzene rings is 1. The molecule has 1 heterocycles. The van der Waals surface area contributed by atoms with Gasteiger partial charge in [-0.1, -0.05) is 29.3 Å². The number of rotatable bonds is 4. The summed E-state index contributed by atoms with van der Waals surface area (Å²) in [6.07, 6.45) is -0.393. The molecule has 1 aliphatic rings.